The number of nitrogens with zero attached hydrogens (tertiary/aromatic N) is 3. The van der Waals surface area contributed by atoms with E-state index in [0.29, 0.717) is 22.5 Å². The molecule has 1 aromatic heterocycles. The maximum absolute atomic E-state index is 6.67. The molecule has 35 heavy (non-hydrogen) atoms. The van der Waals surface area contributed by atoms with Gasteiger partial charge in [0.15, 0.2) is 11.5 Å². The largest absolute Gasteiger partial charge is 0.493 e. The van der Waals surface area contributed by atoms with Gasteiger partial charge in [0.05, 0.1) is 19.9 Å². The van der Waals surface area contributed by atoms with Gasteiger partial charge in [-0.2, -0.15) is 10.1 Å². The third-order valence-electron chi connectivity index (χ3n) is 6.44. The first-order chi connectivity index (χ1) is 17.1. The summed E-state index contributed by atoms with van der Waals surface area (Å²) in [5.41, 5.74) is 6.01. The Labute approximate surface area is 207 Å². The summed E-state index contributed by atoms with van der Waals surface area (Å²) in [7, 11) is 3.26. The normalized spacial score (nSPS) is 18.1. The molecule has 0 aliphatic carbocycles. The Kier molecular flexibility index (Phi) is 5.15. The summed E-state index contributed by atoms with van der Waals surface area (Å²) in [6.45, 7) is 2.07. The van der Waals surface area contributed by atoms with Gasteiger partial charge in [-0.3, -0.25) is 0 Å². The van der Waals surface area contributed by atoms with Crippen LogP contribution in [0.5, 0.6) is 17.2 Å². The fraction of sp³-hybridized carbons (Fsp3) is 0.185. The topological polar surface area (TPSA) is 70.4 Å². The van der Waals surface area contributed by atoms with Crippen LogP contribution in [0.2, 0.25) is 5.02 Å². The van der Waals surface area contributed by atoms with Gasteiger partial charge < -0.3 is 19.5 Å². The van der Waals surface area contributed by atoms with E-state index in [0.717, 1.165) is 39.3 Å². The molecule has 0 radical (unpaired) electrons. The van der Waals surface area contributed by atoms with Gasteiger partial charge in [-0.25, -0.2) is 4.68 Å². The van der Waals surface area contributed by atoms with Gasteiger partial charge in [0, 0.05) is 16.2 Å². The minimum Gasteiger partial charge on any atom is -0.493 e. The Morgan fingerprint density at radius 2 is 1.83 bits per heavy atom. The average molecular weight is 487 g/mol. The van der Waals surface area contributed by atoms with Crippen molar-refractivity contribution in [1.29, 1.82) is 0 Å². The minimum absolute atomic E-state index is 0.304. The molecule has 8 heteroatoms. The van der Waals surface area contributed by atoms with Gasteiger partial charge in [0.1, 0.15) is 24.2 Å². The highest BCUT2D eigenvalue weighted by Crippen LogP contribution is 2.51. The molecule has 3 heterocycles. The molecule has 176 valence electrons. The predicted molar refractivity (Wildman–Crippen MR) is 134 cm³/mol. The Bertz CT molecular complexity index is 1480. The van der Waals surface area contributed by atoms with Gasteiger partial charge >= 0.3 is 0 Å². The molecule has 6 rings (SSSR count). The quantitative estimate of drug-likeness (QED) is 0.392. The van der Waals surface area contributed by atoms with Gasteiger partial charge in [0.25, 0.3) is 0 Å². The second-order valence-electron chi connectivity index (χ2n) is 8.55. The SMILES string of the molecule is COc1ccc([C@@H]2C3=C(Nc4ncnn42)c2cc(C)ccc2O[C@@H]3c2cccc(Cl)c2)cc1OC. The Hall–Kier alpha value is -3.97. The van der Waals surface area contributed by atoms with Gasteiger partial charge in [-0.1, -0.05) is 41.4 Å². The van der Waals surface area contributed by atoms with Gasteiger partial charge in [-0.05, 0) is 54.4 Å². The van der Waals surface area contributed by atoms with Crippen LogP contribution in [-0.4, -0.2) is 29.0 Å². The minimum atomic E-state index is -0.401. The lowest BCUT2D eigenvalue weighted by molar-refractivity contribution is 0.223. The van der Waals surface area contributed by atoms with Crippen LogP contribution in [0.3, 0.4) is 0 Å². The van der Waals surface area contributed by atoms with E-state index in [1.807, 2.05) is 53.2 Å². The third kappa shape index (κ3) is 3.51. The molecule has 3 aromatic carbocycles. The standard InChI is InChI=1S/C27H23ClN4O3/c1-15-7-9-20-19(11-15)24-23(26(35-20)17-5-4-6-18(28)12-17)25(32-27(31-24)29-14-30-32)16-8-10-21(33-2)22(13-16)34-3/h4-14,25-26H,1-3H3,(H,29,30,31)/t25-,26-/m1/s1. The number of hydrogen-bond donors (Lipinski definition) is 1. The number of methoxy groups -OCH3 is 2. The molecule has 7 nitrogen and oxygen atoms in total. The van der Waals surface area contributed by atoms with Crippen LogP contribution >= 0.6 is 11.6 Å². The highest BCUT2D eigenvalue weighted by molar-refractivity contribution is 6.30. The van der Waals surface area contributed by atoms with Crippen molar-refractivity contribution in [1.82, 2.24) is 14.8 Å². The van der Waals surface area contributed by atoms with E-state index in [9.17, 15) is 0 Å². The monoisotopic (exact) mass is 486 g/mol. The van der Waals surface area contributed by atoms with Crippen molar-refractivity contribution >= 4 is 23.2 Å². The van der Waals surface area contributed by atoms with Crippen molar-refractivity contribution in [3.8, 4) is 17.2 Å². The van der Waals surface area contributed by atoms with E-state index in [2.05, 4.69) is 34.5 Å². The van der Waals surface area contributed by atoms with Crippen LogP contribution < -0.4 is 19.5 Å². The predicted octanol–water partition coefficient (Wildman–Crippen LogP) is 5.82. The average Bonchev–Trinajstić information content (AvgIpc) is 3.35. The molecular formula is C27H23ClN4O3. The van der Waals surface area contributed by atoms with Gasteiger partial charge in [0.2, 0.25) is 5.95 Å². The fourth-order valence-electron chi connectivity index (χ4n) is 4.87. The molecule has 0 amide bonds. The number of halogens is 1. The Balaban J connectivity index is 1.63. The molecule has 2 aliphatic rings. The number of nitrogens with one attached hydrogen (secondary N) is 1. The number of anilines is 1. The first-order valence-electron chi connectivity index (χ1n) is 11.2. The number of hydrogen-bond acceptors (Lipinski definition) is 6. The molecule has 4 aromatic rings. The number of aromatic nitrogens is 3. The summed E-state index contributed by atoms with van der Waals surface area (Å²) in [5, 5.41) is 8.75. The maximum atomic E-state index is 6.67. The van der Waals surface area contributed by atoms with E-state index < -0.39 is 6.10 Å². The molecule has 2 aliphatic heterocycles. The van der Waals surface area contributed by atoms with Crippen molar-refractivity contribution in [3.05, 3.63) is 99.8 Å². The highest BCUT2D eigenvalue weighted by atomic mass is 35.5. The van der Waals surface area contributed by atoms with Crippen LogP contribution in [0.1, 0.15) is 34.4 Å². The Morgan fingerprint density at radius 3 is 2.63 bits per heavy atom. The fourth-order valence-corrected chi connectivity index (χ4v) is 5.07. The maximum Gasteiger partial charge on any atom is 0.226 e. The summed E-state index contributed by atoms with van der Waals surface area (Å²) in [4.78, 5) is 4.50. The van der Waals surface area contributed by atoms with E-state index in [4.69, 9.17) is 25.8 Å². The molecule has 1 N–H and O–H groups in total. The molecule has 0 bridgehead atoms. The van der Waals surface area contributed by atoms with Gasteiger partial charge in [-0.15, -0.1) is 0 Å². The van der Waals surface area contributed by atoms with E-state index in [1.165, 1.54) is 0 Å². The number of ether oxygens (including phenoxy) is 3. The Morgan fingerprint density at radius 1 is 0.971 bits per heavy atom. The lowest BCUT2D eigenvalue weighted by Gasteiger charge is -2.39. The lowest BCUT2D eigenvalue weighted by Crippen LogP contribution is -2.32. The zero-order valence-electron chi connectivity index (χ0n) is 19.4. The number of rotatable bonds is 4. The van der Waals surface area contributed by atoms with E-state index in [-0.39, 0.29) is 6.04 Å². The van der Waals surface area contributed by atoms with Crippen molar-refractivity contribution in [3.63, 3.8) is 0 Å². The molecule has 0 unspecified atom stereocenters. The van der Waals surface area contributed by atoms with Crippen LogP contribution in [0, 0.1) is 6.92 Å². The molecule has 0 saturated heterocycles. The number of fused-ring (bicyclic) bond motifs is 3. The van der Waals surface area contributed by atoms with Crippen molar-refractivity contribution in [2.24, 2.45) is 0 Å². The van der Waals surface area contributed by atoms with E-state index >= 15 is 0 Å². The summed E-state index contributed by atoms with van der Waals surface area (Å²) < 4.78 is 19.6. The molecular weight excluding hydrogens is 464 g/mol. The first-order valence-corrected chi connectivity index (χ1v) is 11.6. The molecule has 0 spiro atoms. The van der Waals surface area contributed by atoms with Crippen LogP contribution in [-0.2, 0) is 0 Å². The smallest absolute Gasteiger partial charge is 0.226 e. The molecule has 0 saturated carbocycles. The highest BCUT2D eigenvalue weighted by Gasteiger charge is 2.41. The van der Waals surface area contributed by atoms with Crippen molar-refractivity contribution < 1.29 is 14.2 Å². The van der Waals surface area contributed by atoms with Crippen LogP contribution in [0.15, 0.2) is 72.6 Å². The zero-order chi connectivity index (χ0) is 24.1. The summed E-state index contributed by atoms with van der Waals surface area (Å²) in [5.74, 6) is 2.75. The molecule has 0 fully saturated rings. The van der Waals surface area contributed by atoms with E-state index in [1.54, 1.807) is 20.5 Å². The number of aryl methyl sites for hydroxylation is 1. The second-order valence-corrected chi connectivity index (χ2v) is 8.99. The van der Waals surface area contributed by atoms with Crippen molar-refractivity contribution in [2.75, 3.05) is 19.5 Å². The molecule has 2 atom stereocenters. The third-order valence-corrected chi connectivity index (χ3v) is 6.68. The van der Waals surface area contributed by atoms with Crippen LogP contribution in [0.25, 0.3) is 5.70 Å². The summed E-state index contributed by atoms with van der Waals surface area (Å²) in [6, 6.07) is 19.6. The van der Waals surface area contributed by atoms with Crippen LogP contribution in [0.4, 0.5) is 5.95 Å². The lowest BCUT2D eigenvalue weighted by atomic mass is 9.84. The second kappa shape index (κ2) is 8.36. The van der Waals surface area contributed by atoms with Crippen molar-refractivity contribution in [2.45, 2.75) is 19.1 Å². The summed E-state index contributed by atoms with van der Waals surface area (Å²) >= 11 is 6.40. The number of benzene rings is 3. The first kappa shape index (κ1) is 21.6. The zero-order valence-corrected chi connectivity index (χ0v) is 20.2. The summed E-state index contributed by atoms with van der Waals surface area (Å²) in [6.07, 6.45) is 1.16.